The van der Waals surface area contributed by atoms with E-state index in [9.17, 15) is 18.0 Å². The minimum atomic E-state index is -4.92. The Bertz CT molecular complexity index is 170. The first-order valence-electron chi connectivity index (χ1n) is 3.93. The van der Waals surface area contributed by atoms with Gasteiger partial charge in [-0.05, 0) is 12.8 Å². The first-order chi connectivity index (χ1) is 5.88. The number of halogens is 3. The summed E-state index contributed by atoms with van der Waals surface area (Å²) in [5.41, 5.74) is 0. The Morgan fingerprint density at radius 1 is 1.54 bits per heavy atom. The molecule has 2 N–H and O–H groups in total. The van der Waals surface area contributed by atoms with Gasteiger partial charge >= 0.3 is 12.1 Å². The van der Waals surface area contributed by atoms with Crippen LogP contribution < -0.4 is 5.32 Å². The highest BCUT2D eigenvalue weighted by Crippen LogP contribution is 2.14. The zero-order valence-corrected chi connectivity index (χ0v) is 7.19. The lowest BCUT2D eigenvalue weighted by molar-refractivity contribution is -0.176. The van der Waals surface area contributed by atoms with E-state index < -0.39 is 18.3 Å². The fourth-order valence-electron chi connectivity index (χ4n) is 0.703. The van der Waals surface area contributed by atoms with E-state index in [1.165, 1.54) is 5.32 Å². The molecule has 0 fully saturated rings. The molecule has 78 valence electrons. The van der Waals surface area contributed by atoms with Gasteiger partial charge in [-0.2, -0.15) is 13.2 Å². The summed E-state index contributed by atoms with van der Waals surface area (Å²) in [6, 6.07) is 0. The van der Waals surface area contributed by atoms with Crippen molar-refractivity contribution in [3.05, 3.63) is 0 Å². The van der Waals surface area contributed by atoms with Crippen LogP contribution in [-0.4, -0.2) is 23.4 Å². The average molecular weight is 199 g/mol. The molecule has 0 aliphatic heterocycles. The molecular formula is C7H12F3NO2. The number of unbranched alkanes of at least 4 members (excludes halogenated alkanes) is 1. The molecule has 0 aromatic heterocycles. The number of aliphatic hydroxyl groups is 1. The minimum absolute atomic E-state index is 0.137. The van der Waals surface area contributed by atoms with Gasteiger partial charge in [-0.3, -0.25) is 4.79 Å². The van der Waals surface area contributed by atoms with Gasteiger partial charge in [-0.1, -0.05) is 13.3 Å². The van der Waals surface area contributed by atoms with Gasteiger partial charge < -0.3 is 10.4 Å². The van der Waals surface area contributed by atoms with Crippen LogP contribution >= 0.6 is 0 Å². The van der Waals surface area contributed by atoms with Crippen LogP contribution in [0.1, 0.15) is 26.2 Å². The van der Waals surface area contributed by atoms with Crippen LogP contribution in [0.5, 0.6) is 0 Å². The number of carbonyl (C=O) groups is 1. The van der Waals surface area contributed by atoms with Crippen molar-refractivity contribution in [2.75, 3.05) is 0 Å². The van der Waals surface area contributed by atoms with Crippen molar-refractivity contribution < 1.29 is 23.1 Å². The molecule has 0 spiro atoms. The summed E-state index contributed by atoms with van der Waals surface area (Å²) in [4.78, 5) is 10.2. The van der Waals surface area contributed by atoms with Crippen LogP contribution in [0, 0.1) is 0 Å². The summed E-state index contributed by atoms with van der Waals surface area (Å²) in [5, 5.41) is 10.3. The monoisotopic (exact) mass is 199 g/mol. The number of rotatable bonds is 4. The molecule has 13 heavy (non-hydrogen) atoms. The molecular weight excluding hydrogens is 187 g/mol. The van der Waals surface area contributed by atoms with Gasteiger partial charge in [-0.25, -0.2) is 0 Å². The summed E-state index contributed by atoms with van der Waals surface area (Å²) in [6.45, 7) is 1.83. The number of nitrogens with one attached hydrogen (secondary N) is 1. The van der Waals surface area contributed by atoms with E-state index in [1.54, 1.807) is 0 Å². The summed E-state index contributed by atoms with van der Waals surface area (Å²) in [7, 11) is 0. The van der Waals surface area contributed by atoms with Gasteiger partial charge in [0.1, 0.15) is 6.23 Å². The van der Waals surface area contributed by atoms with Crippen molar-refractivity contribution in [3.63, 3.8) is 0 Å². The predicted octanol–water partition coefficient (Wildman–Crippen LogP) is 1.17. The van der Waals surface area contributed by atoms with Crippen molar-refractivity contribution in [1.29, 1.82) is 0 Å². The maximum absolute atomic E-state index is 11.6. The maximum Gasteiger partial charge on any atom is 0.471 e. The first-order valence-corrected chi connectivity index (χ1v) is 3.93. The Morgan fingerprint density at radius 3 is 2.46 bits per heavy atom. The molecule has 1 atom stereocenters. The molecule has 0 heterocycles. The smallest absolute Gasteiger partial charge is 0.374 e. The van der Waals surface area contributed by atoms with Gasteiger partial charge in [-0.15, -0.1) is 0 Å². The molecule has 1 amide bonds. The van der Waals surface area contributed by atoms with E-state index in [2.05, 4.69) is 0 Å². The van der Waals surface area contributed by atoms with E-state index in [4.69, 9.17) is 5.11 Å². The zero-order chi connectivity index (χ0) is 10.5. The molecule has 0 aromatic carbocycles. The number of amides is 1. The van der Waals surface area contributed by atoms with E-state index in [-0.39, 0.29) is 6.42 Å². The standard InChI is InChI=1S/C7H12F3NO2/c1-2-3-4-5(12)11-6(13)7(8,9)10/h5,12H,2-4H2,1H3,(H,11,13). The van der Waals surface area contributed by atoms with Crippen LogP contribution in [0.4, 0.5) is 13.2 Å². The molecule has 0 saturated carbocycles. The fraction of sp³-hybridized carbons (Fsp3) is 0.857. The van der Waals surface area contributed by atoms with E-state index in [1.807, 2.05) is 6.92 Å². The van der Waals surface area contributed by atoms with Crippen molar-refractivity contribution >= 4 is 5.91 Å². The molecule has 1 unspecified atom stereocenters. The summed E-state index contributed by atoms with van der Waals surface area (Å²) < 4.78 is 34.8. The third-order valence-electron chi connectivity index (χ3n) is 1.39. The molecule has 0 bridgehead atoms. The Labute approximate surface area is 73.9 Å². The second-order valence-electron chi connectivity index (χ2n) is 2.63. The van der Waals surface area contributed by atoms with Crippen LogP contribution in [-0.2, 0) is 4.79 Å². The lowest BCUT2D eigenvalue weighted by atomic mass is 10.2. The normalized spacial score (nSPS) is 13.9. The Morgan fingerprint density at radius 2 is 2.08 bits per heavy atom. The summed E-state index contributed by atoms with van der Waals surface area (Å²) in [5.74, 6) is -2.10. The van der Waals surface area contributed by atoms with Gasteiger partial charge in [0.05, 0.1) is 0 Å². The van der Waals surface area contributed by atoms with Crippen molar-refractivity contribution in [3.8, 4) is 0 Å². The molecule has 0 aromatic rings. The van der Waals surface area contributed by atoms with Gasteiger partial charge in [0.2, 0.25) is 0 Å². The lowest BCUT2D eigenvalue weighted by Crippen LogP contribution is -2.43. The largest absolute Gasteiger partial charge is 0.471 e. The van der Waals surface area contributed by atoms with Crippen LogP contribution in [0.3, 0.4) is 0 Å². The van der Waals surface area contributed by atoms with E-state index in [0.29, 0.717) is 6.42 Å². The third-order valence-corrected chi connectivity index (χ3v) is 1.39. The predicted molar refractivity (Wildman–Crippen MR) is 39.7 cm³/mol. The molecule has 6 heteroatoms. The molecule has 0 saturated heterocycles. The van der Waals surface area contributed by atoms with Crippen molar-refractivity contribution in [2.24, 2.45) is 0 Å². The van der Waals surface area contributed by atoms with E-state index >= 15 is 0 Å². The van der Waals surface area contributed by atoms with Gasteiger partial charge in [0.15, 0.2) is 0 Å². The summed E-state index contributed by atoms with van der Waals surface area (Å²) >= 11 is 0. The van der Waals surface area contributed by atoms with Crippen LogP contribution in [0.15, 0.2) is 0 Å². The molecule has 0 radical (unpaired) electrons. The number of hydrogen-bond donors (Lipinski definition) is 2. The van der Waals surface area contributed by atoms with Crippen LogP contribution in [0.25, 0.3) is 0 Å². The molecule has 3 nitrogen and oxygen atoms in total. The Balaban J connectivity index is 3.79. The third kappa shape index (κ3) is 5.46. The topological polar surface area (TPSA) is 49.3 Å². The Kier molecular flexibility index (Phi) is 4.76. The van der Waals surface area contributed by atoms with E-state index in [0.717, 1.165) is 6.42 Å². The van der Waals surface area contributed by atoms with Crippen molar-refractivity contribution in [2.45, 2.75) is 38.6 Å². The highest BCUT2D eigenvalue weighted by atomic mass is 19.4. The quantitative estimate of drug-likeness (QED) is 0.668. The number of carbonyl (C=O) groups excluding carboxylic acids is 1. The maximum atomic E-state index is 11.6. The number of hydrogen-bond acceptors (Lipinski definition) is 2. The SMILES string of the molecule is CCCCC(O)NC(=O)C(F)(F)F. The molecule has 0 aliphatic rings. The van der Waals surface area contributed by atoms with Crippen molar-refractivity contribution in [1.82, 2.24) is 5.32 Å². The van der Waals surface area contributed by atoms with Crippen LogP contribution in [0.2, 0.25) is 0 Å². The zero-order valence-electron chi connectivity index (χ0n) is 7.19. The minimum Gasteiger partial charge on any atom is -0.374 e. The second-order valence-corrected chi connectivity index (χ2v) is 2.63. The second kappa shape index (κ2) is 5.06. The number of alkyl halides is 3. The highest BCUT2D eigenvalue weighted by Gasteiger charge is 2.39. The fourth-order valence-corrected chi connectivity index (χ4v) is 0.703. The average Bonchev–Trinajstić information content (AvgIpc) is 1.99. The van der Waals surface area contributed by atoms with Gasteiger partial charge in [0, 0.05) is 0 Å². The number of aliphatic hydroxyl groups excluding tert-OH is 1. The van der Waals surface area contributed by atoms with Gasteiger partial charge in [0.25, 0.3) is 0 Å². The first kappa shape index (κ1) is 12.2. The molecule has 0 rings (SSSR count). The lowest BCUT2D eigenvalue weighted by Gasteiger charge is -2.13. The highest BCUT2D eigenvalue weighted by molar-refractivity contribution is 5.81. The molecule has 0 aliphatic carbocycles. The summed E-state index contributed by atoms with van der Waals surface area (Å²) in [6.07, 6.45) is -4.88. The Hall–Kier alpha value is -0.780.